The van der Waals surface area contributed by atoms with Crippen molar-refractivity contribution in [3.05, 3.63) is 46.0 Å². The topological polar surface area (TPSA) is 66.8 Å². The molecular formula is C15H15Cl2NO4. The van der Waals surface area contributed by atoms with E-state index in [2.05, 4.69) is 0 Å². The molecule has 1 N–H and O–H groups in total. The van der Waals surface area contributed by atoms with E-state index in [9.17, 15) is 14.7 Å². The Bertz CT molecular complexity index is 603. The summed E-state index contributed by atoms with van der Waals surface area (Å²) >= 11 is 11.9. The molecule has 0 fully saturated rings. The van der Waals surface area contributed by atoms with Gasteiger partial charge in [-0.1, -0.05) is 53.5 Å². The van der Waals surface area contributed by atoms with Crippen LogP contribution in [-0.2, 0) is 20.9 Å². The van der Waals surface area contributed by atoms with E-state index in [0.29, 0.717) is 0 Å². The minimum Gasteiger partial charge on any atom is -0.464 e. The Morgan fingerprint density at radius 1 is 1.36 bits per heavy atom. The molecule has 0 saturated heterocycles. The third-order valence-corrected chi connectivity index (χ3v) is 4.15. The van der Waals surface area contributed by atoms with Crippen molar-refractivity contribution in [3.63, 3.8) is 0 Å². The number of esters is 1. The molecule has 1 aromatic carbocycles. The third kappa shape index (κ3) is 3.27. The molecule has 0 aromatic heterocycles. The molecule has 0 radical (unpaired) electrons. The molecule has 5 nitrogen and oxygen atoms in total. The summed E-state index contributed by atoms with van der Waals surface area (Å²) < 4.78 is 4.78. The molecule has 2 unspecified atom stereocenters. The molecule has 118 valence electrons. The molecule has 0 spiro atoms. The van der Waals surface area contributed by atoms with Gasteiger partial charge >= 0.3 is 5.97 Å². The number of amides is 1. The van der Waals surface area contributed by atoms with Crippen molar-refractivity contribution in [2.45, 2.75) is 25.6 Å². The van der Waals surface area contributed by atoms with Crippen molar-refractivity contribution in [1.29, 1.82) is 0 Å². The van der Waals surface area contributed by atoms with Gasteiger partial charge in [0.25, 0.3) is 5.91 Å². The predicted octanol–water partition coefficient (Wildman–Crippen LogP) is 2.01. The van der Waals surface area contributed by atoms with Crippen LogP contribution < -0.4 is 0 Å². The summed E-state index contributed by atoms with van der Waals surface area (Å²) in [6, 6.07) is 8.09. The number of nitrogens with zero attached hydrogens (tertiary/aromatic N) is 1. The fourth-order valence-corrected chi connectivity index (χ4v) is 2.78. The highest BCUT2D eigenvalue weighted by Gasteiger charge is 2.44. The summed E-state index contributed by atoms with van der Waals surface area (Å²) in [5.41, 5.74) is 0.827. The number of rotatable bonds is 5. The summed E-state index contributed by atoms with van der Waals surface area (Å²) in [5.74, 6) is -1.37. The highest BCUT2D eigenvalue weighted by atomic mass is 35.5. The molecule has 1 amide bonds. The van der Waals surface area contributed by atoms with Gasteiger partial charge in [-0.2, -0.15) is 0 Å². The number of carbonyl (C=O) groups is 2. The molecule has 0 aliphatic carbocycles. The van der Waals surface area contributed by atoms with Gasteiger partial charge in [0.05, 0.1) is 11.6 Å². The van der Waals surface area contributed by atoms with Crippen LogP contribution in [0.2, 0.25) is 0 Å². The molecule has 2 atom stereocenters. The van der Waals surface area contributed by atoms with E-state index in [1.807, 2.05) is 30.3 Å². The first-order chi connectivity index (χ1) is 10.5. The van der Waals surface area contributed by atoms with Gasteiger partial charge in [-0.3, -0.25) is 4.79 Å². The van der Waals surface area contributed by atoms with E-state index < -0.39 is 24.0 Å². The molecule has 1 aromatic rings. The molecule has 1 heterocycles. The molecule has 2 rings (SSSR count). The number of ether oxygens (including phenoxy) is 1. The number of hydrogen-bond acceptors (Lipinski definition) is 4. The van der Waals surface area contributed by atoms with Crippen LogP contribution in [-0.4, -0.2) is 40.6 Å². The number of benzene rings is 1. The summed E-state index contributed by atoms with van der Waals surface area (Å²) in [6.07, 6.45) is -1.59. The van der Waals surface area contributed by atoms with Gasteiger partial charge in [0.1, 0.15) is 11.1 Å². The van der Waals surface area contributed by atoms with Gasteiger partial charge < -0.3 is 14.7 Å². The maximum absolute atomic E-state index is 12.2. The molecular weight excluding hydrogens is 329 g/mol. The predicted molar refractivity (Wildman–Crippen MR) is 82.2 cm³/mol. The zero-order valence-corrected chi connectivity index (χ0v) is 13.3. The third-order valence-electron chi connectivity index (χ3n) is 3.28. The van der Waals surface area contributed by atoms with Gasteiger partial charge in [-0.15, -0.1) is 0 Å². The molecule has 0 saturated carbocycles. The maximum Gasteiger partial charge on any atom is 0.337 e. The van der Waals surface area contributed by atoms with E-state index in [4.69, 9.17) is 27.9 Å². The van der Waals surface area contributed by atoms with Gasteiger partial charge in [0.15, 0.2) is 6.10 Å². The summed E-state index contributed by atoms with van der Waals surface area (Å²) in [4.78, 5) is 25.2. The molecule has 0 bridgehead atoms. The first-order valence-electron chi connectivity index (χ1n) is 6.72. The van der Waals surface area contributed by atoms with E-state index >= 15 is 0 Å². The number of halogens is 2. The van der Waals surface area contributed by atoms with Crippen LogP contribution in [0, 0.1) is 0 Å². The number of aliphatic hydroxyl groups is 1. The van der Waals surface area contributed by atoms with Crippen molar-refractivity contribution < 1.29 is 19.4 Å². The van der Waals surface area contributed by atoms with Crippen molar-refractivity contribution in [2.24, 2.45) is 0 Å². The van der Waals surface area contributed by atoms with Crippen LogP contribution >= 0.6 is 23.2 Å². The van der Waals surface area contributed by atoms with Crippen LogP contribution in [0.3, 0.4) is 0 Å². The quantitative estimate of drug-likeness (QED) is 0.830. The van der Waals surface area contributed by atoms with Crippen LogP contribution in [0.15, 0.2) is 40.4 Å². The number of aliphatic hydroxyl groups excluding tert-OH is 1. The fraction of sp³-hybridized carbons (Fsp3) is 0.333. The monoisotopic (exact) mass is 343 g/mol. The standard InChI is InChI=1S/C15H15Cl2NO4/c1-2-22-15(21)13(19)12-10(16)11(17)14(20)18(12)8-9-6-4-3-5-7-9/h3-7,12-13,19H,2,8H2,1H3. The molecule has 1 aliphatic rings. The zero-order chi connectivity index (χ0) is 16.3. The second-order valence-electron chi connectivity index (χ2n) is 4.72. The lowest BCUT2D eigenvalue weighted by molar-refractivity contribution is -0.156. The first-order valence-corrected chi connectivity index (χ1v) is 7.47. The minimum atomic E-state index is -1.59. The fourth-order valence-electron chi connectivity index (χ4n) is 2.24. The lowest BCUT2D eigenvalue weighted by Gasteiger charge is -2.28. The van der Waals surface area contributed by atoms with Crippen LogP contribution in [0.1, 0.15) is 12.5 Å². The zero-order valence-electron chi connectivity index (χ0n) is 11.8. The molecule has 1 aliphatic heterocycles. The Morgan fingerprint density at radius 2 is 2.00 bits per heavy atom. The van der Waals surface area contributed by atoms with Crippen molar-refractivity contribution in [2.75, 3.05) is 6.61 Å². The second-order valence-corrected chi connectivity index (χ2v) is 5.51. The van der Waals surface area contributed by atoms with Crippen LogP contribution in [0.5, 0.6) is 0 Å². The first kappa shape index (κ1) is 16.8. The average Bonchev–Trinajstić information content (AvgIpc) is 2.72. The highest BCUT2D eigenvalue weighted by Crippen LogP contribution is 2.34. The van der Waals surface area contributed by atoms with Gasteiger partial charge in [-0.05, 0) is 12.5 Å². The van der Waals surface area contributed by atoms with Crippen LogP contribution in [0.25, 0.3) is 0 Å². The lowest BCUT2D eigenvalue weighted by Crippen LogP contribution is -2.46. The van der Waals surface area contributed by atoms with Crippen molar-refractivity contribution in [1.82, 2.24) is 4.90 Å². The van der Waals surface area contributed by atoms with Gasteiger partial charge in [0, 0.05) is 6.54 Å². The Balaban J connectivity index is 2.26. The maximum atomic E-state index is 12.2. The van der Waals surface area contributed by atoms with Gasteiger partial charge in [0.2, 0.25) is 0 Å². The second kappa shape index (κ2) is 7.13. The summed E-state index contributed by atoms with van der Waals surface area (Å²) in [6.45, 7) is 1.91. The SMILES string of the molecule is CCOC(=O)C(O)C1C(Cl)=C(Cl)C(=O)N1Cc1ccccc1. The van der Waals surface area contributed by atoms with E-state index in [0.717, 1.165) is 5.56 Å². The summed E-state index contributed by atoms with van der Waals surface area (Å²) in [5, 5.41) is 9.92. The van der Waals surface area contributed by atoms with Gasteiger partial charge in [-0.25, -0.2) is 4.79 Å². The van der Waals surface area contributed by atoms with E-state index in [-0.39, 0.29) is 23.2 Å². The van der Waals surface area contributed by atoms with Crippen molar-refractivity contribution >= 4 is 35.1 Å². The smallest absolute Gasteiger partial charge is 0.337 e. The summed E-state index contributed by atoms with van der Waals surface area (Å²) in [7, 11) is 0. The number of carbonyl (C=O) groups excluding carboxylic acids is 2. The average molecular weight is 344 g/mol. The number of hydrogen-bond donors (Lipinski definition) is 1. The minimum absolute atomic E-state index is 0.0526. The molecule has 7 heteroatoms. The van der Waals surface area contributed by atoms with E-state index in [1.54, 1.807) is 6.92 Å². The Hall–Kier alpha value is -1.56. The lowest BCUT2D eigenvalue weighted by atomic mass is 10.1. The Morgan fingerprint density at radius 3 is 2.59 bits per heavy atom. The Kier molecular flexibility index (Phi) is 5.45. The molecule has 22 heavy (non-hydrogen) atoms. The van der Waals surface area contributed by atoms with Crippen molar-refractivity contribution in [3.8, 4) is 0 Å². The largest absolute Gasteiger partial charge is 0.464 e. The normalized spacial score (nSPS) is 19.5. The van der Waals surface area contributed by atoms with E-state index in [1.165, 1.54) is 4.90 Å². The Labute approximate surface area is 138 Å². The highest BCUT2D eigenvalue weighted by molar-refractivity contribution is 6.49. The van der Waals surface area contributed by atoms with Crippen LogP contribution in [0.4, 0.5) is 0 Å².